The molecule has 0 bridgehead atoms. The van der Waals surface area contributed by atoms with Gasteiger partial charge in [0, 0.05) is 10.0 Å². The number of amides is 1. The Balaban J connectivity index is 1.85. The van der Waals surface area contributed by atoms with E-state index in [-0.39, 0.29) is 18.6 Å². The molecule has 0 aliphatic carbocycles. The van der Waals surface area contributed by atoms with Crippen LogP contribution in [0.1, 0.15) is 18.5 Å². The molecule has 1 atom stereocenters. The van der Waals surface area contributed by atoms with Gasteiger partial charge in [0.1, 0.15) is 5.75 Å². The van der Waals surface area contributed by atoms with Crippen LogP contribution in [0.5, 0.6) is 5.75 Å². The Kier molecular flexibility index (Phi) is 5.48. The van der Waals surface area contributed by atoms with E-state index >= 15 is 0 Å². The lowest BCUT2D eigenvalue weighted by molar-refractivity contribution is -0.123. The van der Waals surface area contributed by atoms with Crippen molar-refractivity contribution in [3.05, 3.63) is 64.1 Å². The first-order chi connectivity index (χ1) is 10.0. The predicted octanol–water partition coefficient (Wildman–Crippen LogP) is 4.25. The third-order valence-corrected chi connectivity index (χ3v) is 3.40. The zero-order chi connectivity index (χ0) is 15.2. The number of ether oxygens (including phenoxy) is 1. The van der Waals surface area contributed by atoms with Crippen molar-refractivity contribution in [2.45, 2.75) is 13.0 Å². The van der Waals surface area contributed by atoms with E-state index in [9.17, 15) is 4.79 Å². The Hall–Kier alpha value is -1.71. The van der Waals surface area contributed by atoms with Crippen LogP contribution in [0.3, 0.4) is 0 Å². The van der Waals surface area contributed by atoms with Gasteiger partial charge in [-0.15, -0.1) is 0 Å². The van der Waals surface area contributed by atoms with Crippen molar-refractivity contribution in [2.24, 2.45) is 0 Å². The molecule has 0 aliphatic heterocycles. The van der Waals surface area contributed by atoms with Crippen molar-refractivity contribution in [1.29, 1.82) is 0 Å². The molecule has 21 heavy (non-hydrogen) atoms. The number of carbonyl (C=O) groups excluding carboxylic acids is 1. The normalized spacial score (nSPS) is 11.8. The maximum Gasteiger partial charge on any atom is 0.258 e. The smallest absolute Gasteiger partial charge is 0.258 e. The van der Waals surface area contributed by atoms with Gasteiger partial charge >= 0.3 is 0 Å². The number of hydrogen-bond donors (Lipinski definition) is 1. The Labute approximate surface area is 133 Å². The van der Waals surface area contributed by atoms with Gasteiger partial charge in [0.05, 0.1) is 6.04 Å². The molecule has 0 saturated carbocycles. The zero-order valence-electron chi connectivity index (χ0n) is 11.5. The fourth-order valence-corrected chi connectivity index (χ4v) is 2.15. The molecule has 0 fully saturated rings. The molecule has 1 amide bonds. The summed E-state index contributed by atoms with van der Waals surface area (Å²) in [5.41, 5.74) is 0.947. The number of carbonyl (C=O) groups is 1. The van der Waals surface area contributed by atoms with E-state index in [2.05, 4.69) is 5.32 Å². The van der Waals surface area contributed by atoms with E-state index in [0.29, 0.717) is 15.8 Å². The lowest BCUT2D eigenvalue weighted by Gasteiger charge is -2.15. The highest BCUT2D eigenvalue weighted by molar-refractivity contribution is 6.30. The molecule has 2 rings (SSSR count). The molecule has 5 heteroatoms. The van der Waals surface area contributed by atoms with Gasteiger partial charge < -0.3 is 10.1 Å². The van der Waals surface area contributed by atoms with Gasteiger partial charge in [-0.25, -0.2) is 0 Å². The van der Waals surface area contributed by atoms with Gasteiger partial charge in [-0.2, -0.15) is 0 Å². The van der Waals surface area contributed by atoms with Crippen molar-refractivity contribution in [2.75, 3.05) is 6.61 Å². The highest BCUT2D eigenvalue weighted by Gasteiger charge is 2.10. The third-order valence-electron chi connectivity index (χ3n) is 2.91. The largest absolute Gasteiger partial charge is 0.484 e. The van der Waals surface area contributed by atoms with E-state index < -0.39 is 0 Å². The molecule has 0 spiro atoms. The fraction of sp³-hybridized carbons (Fsp3) is 0.188. The number of benzene rings is 2. The molecule has 1 N–H and O–H groups in total. The summed E-state index contributed by atoms with van der Waals surface area (Å²) in [6.45, 7) is 1.85. The molecule has 0 saturated heterocycles. The Morgan fingerprint density at radius 3 is 2.52 bits per heavy atom. The lowest BCUT2D eigenvalue weighted by atomic mass is 10.1. The Morgan fingerprint density at radius 1 is 1.14 bits per heavy atom. The molecule has 2 aromatic rings. The first kappa shape index (κ1) is 15.7. The topological polar surface area (TPSA) is 38.3 Å². The molecular weight excluding hydrogens is 309 g/mol. The van der Waals surface area contributed by atoms with Crippen molar-refractivity contribution in [3.8, 4) is 5.75 Å². The van der Waals surface area contributed by atoms with Gasteiger partial charge in [-0.3, -0.25) is 4.79 Å². The summed E-state index contributed by atoms with van der Waals surface area (Å²) in [7, 11) is 0. The van der Waals surface area contributed by atoms with Gasteiger partial charge in [0.2, 0.25) is 0 Å². The van der Waals surface area contributed by atoms with Gasteiger partial charge in [-0.1, -0.05) is 35.3 Å². The van der Waals surface area contributed by atoms with Gasteiger partial charge in [-0.05, 0) is 48.9 Å². The summed E-state index contributed by atoms with van der Waals surface area (Å²) in [6, 6.07) is 14.1. The standard InChI is InChI=1S/C16H15Cl2NO2/c1-11(12-3-2-4-14(18)9-12)19-16(20)10-21-15-7-5-13(17)6-8-15/h2-9,11H,10H2,1H3,(H,19,20). The quantitative estimate of drug-likeness (QED) is 0.893. The summed E-state index contributed by atoms with van der Waals surface area (Å²) in [4.78, 5) is 11.9. The average molecular weight is 324 g/mol. The number of hydrogen-bond acceptors (Lipinski definition) is 2. The van der Waals surface area contributed by atoms with E-state index in [1.165, 1.54) is 0 Å². The summed E-state index contributed by atoms with van der Waals surface area (Å²) in [5.74, 6) is 0.405. The van der Waals surface area contributed by atoms with Crippen molar-refractivity contribution >= 4 is 29.1 Å². The van der Waals surface area contributed by atoms with Crippen LogP contribution in [0.25, 0.3) is 0 Å². The van der Waals surface area contributed by atoms with Gasteiger partial charge in [0.25, 0.3) is 5.91 Å². The average Bonchev–Trinajstić information content (AvgIpc) is 2.46. The Morgan fingerprint density at radius 2 is 1.86 bits per heavy atom. The maximum absolute atomic E-state index is 11.9. The van der Waals surface area contributed by atoms with Crippen LogP contribution >= 0.6 is 23.2 Å². The molecule has 2 aromatic carbocycles. The van der Waals surface area contributed by atoms with Crippen LogP contribution < -0.4 is 10.1 Å². The first-order valence-electron chi connectivity index (χ1n) is 6.48. The minimum atomic E-state index is -0.197. The molecular formula is C16H15Cl2NO2. The summed E-state index contributed by atoms with van der Waals surface area (Å²) in [6.07, 6.45) is 0. The molecule has 110 valence electrons. The van der Waals surface area contributed by atoms with Crippen molar-refractivity contribution < 1.29 is 9.53 Å². The predicted molar refractivity (Wildman–Crippen MR) is 85.0 cm³/mol. The summed E-state index contributed by atoms with van der Waals surface area (Å²) >= 11 is 11.7. The highest BCUT2D eigenvalue weighted by atomic mass is 35.5. The number of rotatable bonds is 5. The van der Waals surface area contributed by atoms with E-state index in [4.69, 9.17) is 27.9 Å². The van der Waals surface area contributed by atoms with Crippen LogP contribution in [0.2, 0.25) is 10.0 Å². The molecule has 0 radical (unpaired) electrons. The first-order valence-corrected chi connectivity index (χ1v) is 7.23. The van der Waals surface area contributed by atoms with Crippen molar-refractivity contribution in [1.82, 2.24) is 5.32 Å². The monoisotopic (exact) mass is 323 g/mol. The highest BCUT2D eigenvalue weighted by Crippen LogP contribution is 2.18. The number of nitrogens with one attached hydrogen (secondary N) is 1. The summed E-state index contributed by atoms with van der Waals surface area (Å²) < 4.78 is 5.39. The van der Waals surface area contributed by atoms with Crippen LogP contribution in [0, 0.1) is 0 Å². The second-order valence-corrected chi connectivity index (χ2v) is 5.46. The molecule has 3 nitrogen and oxygen atoms in total. The van der Waals surface area contributed by atoms with Crippen LogP contribution in [0.4, 0.5) is 0 Å². The molecule has 0 heterocycles. The van der Waals surface area contributed by atoms with Crippen LogP contribution in [-0.4, -0.2) is 12.5 Å². The minimum absolute atomic E-state index is 0.0491. The fourth-order valence-electron chi connectivity index (χ4n) is 1.82. The third kappa shape index (κ3) is 4.96. The minimum Gasteiger partial charge on any atom is -0.484 e. The molecule has 1 unspecified atom stereocenters. The van der Waals surface area contributed by atoms with E-state index in [1.807, 2.05) is 25.1 Å². The maximum atomic E-state index is 11.9. The van der Waals surface area contributed by atoms with E-state index in [0.717, 1.165) is 5.56 Å². The lowest BCUT2D eigenvalue weighted by Crippen LogP contribution is -2.31. The van der Waals surface area contributed by atoms with Crippen molar-refractivity contribution in [3.63, 3.8) is 0 Å². The summed E-state index contributed by atoms with van der Waals surface area (Å²) in [5, 5.41) is 4.13. The van der Waals surface area contributed by atoms with Crippen LogP contribution in [0.15, 0.2) is 48.5 Å². The SMILES string of the molecule is CC(NC(=O)COc1ccc(Cl)cc1)c1cccc(Cl)c1. The second-order valence-electron chi connectivity index (χ2n) is 4.59. The van der Waals surface area contributed by atoms with Crippen LogP contribution in [-0.2, 0) is 4.79 Å². The van der Waals surface area contributed by atoms with E-state index in [1.54, 1.807) is 30.3 Å². The zero-order valence-corrected chi connectivity index (χ0v) is 13.0. The molecule has 0 aromatic heterocycles. The number of halogens is 2. The van der Waals surface area contributed by atoms with Gasteiger partial charge in [0.15, 0.2) is 6.61 Å². The molecule has 0 aliphatic rings. The Bertz CT molecular complexity index is 614. The second kappa shape index (κ2) is 7.34.